The molecule has 0 saturated heterocycles. The fourth-order valence-electron chi connectivity index (χ4n) is 3.66. The second kappa shape index (κ2) is 12.1. The zero-order valence-electron chi connectivity index (χ0n) is 23.9. The lowest BCUT2D eigenvalue weighted by molar-refractivity contribution is -0.155. The second-order valence-corrected chi connectivity index (χ2v) is 11.3. The summed E-state index contributed by atoms with van der Waals surface area (Å²) >= 11 is 0. The summed E-state index contributed by atoms with van der Waals surface area (Å²) in [6.07, 6.45) is 2.62. The van der Waals surface area contributed by atoms with Crippen molar-refractivity contribution in [3.05, 3.63) is 54.9 Å². The summed E-state index contributed by atoms with van der Waals surface area (Å²) in [6, 6.07) is 12.0. The number of amides is 1. The van der Waals surface area contributed by atoms with E-state index in [-0.39, 0.29) is 13.0 Å². The van der Waals surface area contributed by atoms with Crippen LogP contribution in [-0.4, -0.2) is 64.7 Å². The number of hydrogen-bond acceptors (Lipinski definition) is 10. The van der Waals surface area contributed by atoms with Gasteiger partial charge in [-0.1, -0.05) is 0 Å². The molecule has 3 heterocycles. The average molecular weight is 563 g/mol. The molecule has 0 aliphatic carbocycles. The zero-order valence-corrected chi connectivity index (χ0v) is 23.9. The Morgan fingerprint density at radius 3 is 2.27 bits per heavy atom. The van der Waals surface area contributed by atoms with Crippen molar-refractivity contribution in [2.24, 2.45) is 0 Å². The van der Waals surface area contributed by atoms with E-state index in [4.69, 9.17) is 14.2 Å². The highest BCUT2D eigenvalue weighted by molar-refractivity contribution is 5.73. The van der Waals surface area contributed by atoms with Gasteiger partial charge in [-0.15, -0.1) is 10.2 Å². The lowest BCUT2D eigenvalue weighted by Gasteiger charge is -2.24. The fourth-order valence-corrected chi connectivity index (χ4v) is 3.66. The highest BCUT2D eigenvalue weighted by Gasteiger charge is 2.25. The molecule has 0 unspecified atom stereocenters. The lowest BCUT2D eigenvalue weighted by Crippen LogP contribution is -2.43. The van der Waals surface area contributed by atoms with Crippen LogP contribution in [0.25, 0.3) is 22.6 Å². The van der Waals surface area contributed by atoms with Gasteiger partial charge in [-0.3, -0.25) is 9.89 Å². The van der Waals surface area contributed by atoms with Crippen molar-refractivity contribution in [3.63, 3.8) is 0 Å². The first-order valence-corrected chi connectivity index (χ1v) is 13.1. The van der Waals surface area contributed by atoms with Gasteiger partial charge in [0, 0.05) is 29.6 Å². The number of H-pyrrole nitrogens is 1. The maximum atomic E-state index is 12.5. The lowest BCUT2D eigenvalue weighted by atomic mass is 10.1. The molecule has 2 N–H and O–H groups in total. The number of alkyl carbamates (subject to hydrolysis) is 1. The van der Waals surface area contributed by atoms with Crippen molar-refractivity contribution in [1.29, 1.82) is 0 Å². The number of tetrazole rings is 1. The number of hydrogen-bond donors (Lipinski definition) is 2. The smallest absolute Gasteiger partial charge is 0.407 e. The standard InChI is InChI=1S/C28H34N8O5/c1-27(2,3)40-24(37)15-20(31-26(38)41-28(4,5)6)17-36-34-25(33-35-36)18-7-10-21(11-8-18)39-23-12-9-19(16-29-23)22-13-14-30-32-22/h7-14,16,20H,15,17H2,1-6H3,(H,30,32)(H,31,38)/t20-/m0/s1. The van der Waals surface area contributed by atoms with Gasteiger partial charge in [0.05, 0.1) is 24.7 Å². The van der Waals surface area contributed by atoms with Crippen LogP contribution in [0.15, 0.2) is 54.9 Å². The number of nitrogens with zero attached hydrogens (tertiary/aromatic N) is 6. The average Bonchev–Trinajstić information content (AvgIpc) is 3.55. The Morgan fingerprint density at radius 2 is 1.66 bits per heavy atom. The molecular weight excluding hydrogens is 528 g/mol. The predicted octanol–water partition coefficient (Wildman–Crippen LogP) is 4.54. The van der Waals surface area contributed by atoms with Gasteiger partial charge in [0.2, 0.25) is 11.7 Å². The van der Waals surface area contributed by atoms with Crippen molar-refractivity contribution in [2.75, 3.05) is 0 Å². The molecule has 0 radical (unpaired) electrons. The Labute approximate surface area is 237 Å². The van der Waals surface area contributed by atoms with Gasteiger partial charge in [0.25, 0.3) is 0 Å². The van der Waals surface area contributed by atoms with Crippen LogP contribution in [0.5, 0.6) is 11.6 Å². The van der Waals surface area contributed by atoms with Crippen molar-refractivity contribution in [3.8, 4) is 34.3 Å². The molecule has 1 aromatic carbocycles. The quantitative estimate of drug-likeness (QED) is 0.277. The Bertz CT molecular complexity index is 1410. The van der Waals surface area contributed by atoms with E-state index in [0.717, 1.165) is 11.3 Å². The number of aromatic nitrogens is 7. The number of rotatable bonds is 9. The Balaban J connectivity index is 1.40. The van der Waals surface area contributed by atoms with E-state index >= 15 is 0 Å². The van der Waals surface area contributed by atoms with Crippen LogP contribution in [-0.2, 0) is 20.8 Å². The topological polar surface area (TPSA) is 159 Å². The third-order valence-corrected chi connectivity index (χ3v) is 5.27. The predicted molar refractivity (Wildman–Crippen MR) is 149 cm³/mol. The summed E-state index contributed by atoms with van der Waals surface area (Å²) in [4.78, 5) is 30.6. The van der Waals surface area contributed by atoms with Gasteiger partial charge in [0.15, 0.2) is 0 Å². The molecule has 0 bridgehead atoms. The maximum Gasteiger partial charge on any atom is 0.407 e. The Kier molecular flexibility index (Phi) is 8.65. The molecule has 0 saturated carbocycles. The van der Waals surface area contributed by atoms with Gasteiger partial charge in [0.1, 0.15) is 17.0 Å². The molecule has 13 nitrogen and oxygen atoms in total. The van der Waals surface area contributed by atoms with Crippen molar-refractivity contribution in [2.45, 2.75) is 71.8 Å². The van der Waals surface area contributed by atoms with Crippen LogP contribution in [0.3, 0.4) is 0 Å². The fraction of sp³-hybridized carbons (Fsp3) is 0.393. The third-order valence-electron chi connectivity index (χ3n) is 5.27. The number of carbonyl (C=O) groups is 2. The molecule has 0 spiro atoms. The number of carbonyl (C=O) groups excluding carboxylic acids is 2. The molecule has 4 aromatic rings. The van der Waals surface area contributed by atoms with Gasteiger partial charge < -0.3 is 19.5 Å². The summed E-state index contributed by atoms with van der Waals surface area (Å²) < 4.78 is 16.6. The first kappa shape index (κ1) is 29.2. The SMILES string of the molecule is CC(C)(C)OC(=O)C[C@@H](Cn1nnc(-c2ccc(Oc3ccc(-c4ccn[nH]4)cn3)cc2)n1)NC(=O)OC(C)(C)C. The molecule has 1 amide bonds. The zero-order chi connectivity index (χ0) is 29.6. The van der Waals surface area contributed by atoms with Crippen LogP contribution in [0, 0.1) is 0 Å². The molecule has 3 aromatic heterocycles. The number of pyridine rings is 1. The molecule has 13 heteroatoms. The van der Waals surface area contributed by atoms with Crippen LogP contribution in [0.1, 0.15) is 48.0 Å². The first-order valence-electron chi connectivity index (χ1n) is 13.1. The van der Waals surface area contributed by atoms with E-state index in [0.29, 0.717) is 23.0 Å². The number of nitrogens with one attached hydrogen (secondary N) is 2. The number of aromatic amines is 1. The normalized spacial score (nSPS) is 12.4. The molecule has 1 atom stereocenters. The van der Waals surface area contributed by atoms with Gasteiger partial charge >= 0.3 is 12.1 Å². The monoisotopic (exact) mass is 562 g/mol. The van der Waals surface area contributed by atoms with E-state index in [1.54, 1.807) is 84.3 Å². The van der Waals surface area contributed by atoms with E-state index in [1.165, 1.54) is 4.80 Å². The molecule has 0 fully saturated rings. The minimum absolute atomic E-state index is 0.0763. The Morgan fingerprint density at radius 1 is 0.951 bits per heavy atom. The number of benzene rings is 1. The van der Waals surface area contributed by atoms with Gasteiger partial charge in [-0.25, -0.2) is 9.78 Å². The number of ether oxygens (including phenoxy) is 3. The summed E-state index contributed by atoms with van der Waals surface area (Å²) in [5.74, 6) is 0.923. The van der Waals surface area contributed by atoms with Crippen LogP contribution in [0.4, 0.5) is 4.79 Å². The minimum atomic E-state index is -0.700. The van der Waals surface area contributed by atoms with Crippen LogP contribution < -0.4 is 10.1 Å². The molecular formula is C28H34N8O5. The summed E-state index contributed by atoms with van der Waals surface area (Å²) in [6.45, 7) is 10.7. The van der Waals surface area contributed by atoms with E-state index < -0.39 is 29.3 Å². The van der Waals surface area contributed by atoms with Gasteiger partial charge in [-0.05, 0) is 83.2 Å². The maximum absolute atomic E-state index is 12.5. The molecule has 216 valence electrons. The highest BCUT2D eigenvalue weighted by atomic mass is 16.6. The van der Waals surface area contributed by atoms with Crippen molar-refractivity contribution in [1.82, 2.24) is 40.7 Å². The van der Waals surface area contributed by atoms with Crippen LogP contribution in [0.2, 0.25) is 0 Å². The summed E-state index contributed by atoms with van der Waals surface area (Å²) in [7, 11) is 0. The third kappa shape index (κ3) is 9.12. The highest BCUT2D eigenvalue weighted by Crippen LogP contribution is 2.24. The van der Waals surface area contributed by atoms with Crippen molar-refractivity contribution >= 4 is 12.1 Å². The summed E-state index contributed by atoms with van der Waals surface area (Å²) in [5.41, 5.74) is 1.10. The van der Waals surface area contributed by atoms with E-state index in [1.807, 2.05) is 12.1 Å². The molecule has 41 heavy (non-hydrogen) atoms. The molecule has 0 aliphatic heterocycles. The second-order valence-electron chi connectivity index (χ2n) is 11.3. The van der Waals surface area contributed by atoms with E-state index in [9.17, 15) is 9.59 Å². The molecule has 4 rings (SSSR count). The number of esters is 1. The van der Waals surface area contributed by atoms with E-state index in [2.05, 4.69) is 35.9 Å². The molecule has 0 aliphatic rings. The first-order chi connectivity index (χ1) is 19.3. The van der Waals surface area contributed by atoms with Gasteiger partial charge in [-0.2, -0.15) is 9.90 Å². The largest absolute Gasteiger partial charge is 0.460 e. The minimum Gasteiger partial charge on any atom is -0.460 e. The van der Waals surface area contributed by atoms with Crippen LogP contribution >= 0.6 is 0 Å². The van der Waals surface area contributed by atoms with Crippen molar-refractivity contribution < 1.29 is 23.8 Å². The Hall–Kier alpha value is -4.81. The summed E-state index contributed by atoms with van der Waals surface area (Å²) in [5, 5.41) is 22.2.